The zero-order chi connectivity index (χ0) is 24.0. The molecule has 9 heteroatoms. The highest BCUT2D eigenvalue weighted by Gasteiger charge is 2.33. The maximum Gasteiger partial charge on any atom is 0.270 e. The van der Waals surface area contributed by atoms with Gasteiger partial charge in [-0.1, -0.05) is 71.4 Å². The molecule has 0 atom stereocenters. The number of aromatic nitrogens is 1. The highest BCUT2D eigenvalue weighted by molar-refractivity contribution is 9.10. The van der Waals surface area contributed by atoms with E-state index >= 15 is 0 Å². The molecule has 1 aromatic heterocycles. The fourth-order valence-electron chi connectivity index (χ4n) is 3.83. The number of para-hydroxylation sites is 1. The average Bonchev–Trinajstić information content (AvgIpc) is 3.29. The van der Waals surface area contributed by atoms with Crippen LogP contribution in [0.1, 0.15) is 11.1 Å². The number of carbonyl (C=O) groups excluding carboxylic acids is 1. The van der Waals surface area contributed by atoms with E-state index < -0.39 is 0 Å². The molecule has 1 amide bonds. The summed E-state index contributed by atoms with van der Waals surface area (Å²) in [5.41, 5.74) is 2.76. The van der Waals surface area contributed by atoms with Crippen LogP contribution in [0.25, 0.3) is 17.0 Å². The summed E-state index contributed by atoms with van der Waals surface area (Å²) < 4.78 is 17.5. The molecule has 170 valence electrons. The van der Waals surface area contributed by atoms with Crippen LogP contribution in [0, 0.1) is 5.82 Å². The molecule has 0 unspecified atom stereocenters. The van der Waals surface area contributed by atoms with E-state index in [-0.39, 0.29) is 18.3 Å². The third-order valence-electron chi connectivity index (χ3n) is 5.45. The molecule has 3 aromatic carbocycles. The van der Waals surface area contributed by atoms with Gasteiger partial charge >= 0.3 is 0 Å². The number of thioether (sulfide) groups is 1. The van der Waals surface area contributed by atoms with E-state index in [9.17, 15) is 9.18 Å². The van der Waals surface area contributed by atoms with Gasteiger partial charge in [0.25, 0.3) is 5.91 Å². The van der Waals surface area contributed by atoms with Crippen LogP contribution in [-0.4, -0.2) is 14.8 Å². The molecule has 0 bridgehead atoms. The molecule has 0 radical (unpaired) electrons. The van der Waals surface area contributed by atoms with Gasteiger partial charge in [0.05, 0.1) is 22.2 Å². The van der Waals surface area contributed by atoms with Crippen molar-refractivity contribution < 1.29 is 9.18 Å². The topological polar surface area (TPSA) is 25.2 Å². The number of fused-ring (bicyclic) bond motifs is 1. The molecular weight excluding hydrogens is 578 g/mol. The van der Waals surface area contributed by atoms with Crippen molar-refractivity contribution in [2.45, 2.75) is 6.54 Å². The second kappa shape index (κ2) is 9.47. The van der Waals surface area contributed by atoms with Crippen LogP contribution in [-0.2, 0) is 11.3 Å². The molecule has 34 heavy (non-hydrogen) atoms. The summed E-state index contributed by atoms with van der Waals surface area (Å²) in [5.74, 6) is -0.580. The number of amides is 1. The number of halogens is 4. The van der Waals surface area contributed by atoms with Crippen molar-refractivity contribution in [3.8, 4) is 0 Å². The van der Waals surface area contributed by atoms with Gasteiger partial charge < -0.3 is 4.57 Å². The molecule has 0 saturated carbocycles. The van der Waals surface area contributed by atoms with E-state index in [4.69, 9.17) is 35.4 Å². The van der Waals surface area contributed by atoms with Crippen molar-refractivity contribution >= 4 is 96.0 Å². The van der Waals surface area contributed by atoms with Gasteiger partial charge in [-0.2, -0.15) is 0 Å². The highest BCUT2D eigenvalue weighted by Crippen LogP contribution is 2.39. The van der Waals surface area contributed by atoms with Crippen LogP contribution >= 0.6 is 63.1 Å². The highest BCUT2D eigenvalue weighted by atomic mass is 79.9. The van der Waals surface area contributed by atoms with Gasteiger partial charge in [-0.25, -0.2) is 4.39 Å². The number of benzene rings is 3. The lowest BCUT2D eigenvalue weighted by atomic mass is 10.1. The molecule has 0 spiro atoms. The number of rotatable bonds is 4. The second-order valence-corrected chi connectivity index (χ2v) is 10.9. The van der Waals surface area contributed by atoms with Gasteiger partial charge in [0.2, 0.25) is 0 Å². The summed E-state index contributed by atoms with van der Waals surface area (Å²) in [7, 11) is 0. The Morgan fingerprint density at radius 1 is 1.06 bits per heavy atom. The minimum Gasteiger partial charge on any atom is -0.342 e. The molecular formula is C25H14BrCl2FN2OS2. The van der Waals surface area contributed by atoms with E-state index in [0.29, 0.717) is 30.5 Å². The number of anilines is 1. The van der Waals surface area contributed by atoms with Gasteiger partial charge in [-0.3, -0.25) is 9.69 Å². The van der Waals surface area contributed by atoms with Crippen molar-refractivity contribution in [1.82, 2.24) is 4.57 Å². The Labute approximate surface area is 223 Å². The number of nitrogens with zero attached hydrogens (tertiary/aromatic N) is 2. The normalized spacial score (nSPS) is 15.2. The average molecular weight is 592 g/mol. The minimum absolute atomic E-state index is 0.220. The Morgan fingerprint density at radius 2 is 1.85 bits per heavy atom. The van der Waals surface area contributed by atoms with Gasteiger partial charge in [-0.05, 0) is 58.4 Å². The Hall–Kier alpha value is -2.16. The lowest BCUT2D eigenvalue weighted by Gasteiger charge is -2.15. The fraction of sp³-hybridized carbons (Fsp3) is 0.0400. The predicted octanol–water partition coefficient (Wildman–Crippen LogP) is 8.30. The zero-order valence-corrected chi connectivity index (χ0v) is 22.0. The molecule has 1 aliphatic rings. The van der Waals surface area contributed by atoms with Gasteiger partial charge in [0, 0.05) is 37.7 Å². The maximum absolute atomic E-state index is 14.4. The van der Waals surface area contributed by atoms with Crippen molar-refractivity contribution in [3.63, 3.8) is 0 Å². The first-order chi connectivity index (χ1) is 16.3. The summed E-state index contributed by atoms with van der Waals surface area (Å²) in [6.07, 6.45) is 3.72. The zero-order valence-electron chi connectivity index (χ0n) is 17.3. The van der Waals surface area contributed by atoms with Gasteiger partial charge in [0.1, 0.15) is 5.82 Å². The van der Waals surface area contributed by atoms with Crippen LogP contribution < -0.4 is 4.90 Å². The fourth-order valence-corrected chi connectivity index (χ4v) is 5.76. The quantitative estimate of drug-likeness (QED) is 0.176. The lowest BCUT2D eigenvalue weighted by molar-refractivity contribution is -0.113. The molecule has 4 aromatic rings. The number of hydrogen-bond donors (Lipinski definition) is 0. The standard InChI is InChI=1S/C25H14BrCl2FN2OS2/c26-18-9-8-15(11-20(18)28)31-24(32)23(34-25(31)33)10-14-12-30(22-7-2-1-4-16(14)22)13-17-19(27)5-3-6-21(17)29/h1-12H,13H2/b23-10+. The first-order valence-electron chi connectivity index (χ1n) is 10.1. The third kappa shape index (κ3) is 4.32. The lowest BCUT2D eigenvalue weighted by Crippen LogP contribution is -2.27. The van der Waals surface area contributed by atoms with Crippen LogP contribution in [0.4, 0.5) is 10.1 Å². The molecule has 1 saturated heterocycles. The van der Waals surface area contributed by atoms with Crippen LogP contribution in [0.5, 0.6) is 0 Å². The Kier molecular flexibility index (Phi) is 6.57. The molecule has 0 N–H and O–H groups in total. The summed E-state index contributed by atoms with van der Waals surface area (Å²) in [6.45, 7) is 0.262. The van der Waals surface area contributed by atoms with Crippen molar-refractivity contribution in [3.05, 3.63) is 103 Å². The molecule has 3 nitrogen and oxygen atoms in total. The van der Waals surface area contributed by atoms with Crippen molar-refractivity contribution in [1.29, 1.82) is 0 Å². The van der Waals surface area contributed by atoms with Gasteiger partial charge in [-0.15, -0.1) is 0 Å². The summed E-state index contributed by atoms with van der Waals surface area (Å²) in [5, 5.41) is 1.80. The monoisotopic (exact) mass is 590 g/mol. The smallest absolute Gasteiger partial charge is 0.270 e. The summed E-state index contributed by atoms with van der Waals surface area (Å²) in [6, 6.07) is 17.7. The third-order valence-corrected chi connectivity index (χ3v) is 8.34. The molecule has 1 fully saturated rings. The summed E-state index contributed by atoms with van der Waals surface area (Å²) in [4.78, 5) is 15.2. The Bertz CT molecular complexity index is 1500. The van der Waals surface area contributed by atoms with E-state index in [1.807, 2.05) is 41.1 Å². The predicted molar refractivity (Wildman–Crippen MR) is 147 cm³/mol. The number of hydrogen-bond acceptors (Lipinski definition) is 3. The second-order valence-electron chi connectivity index (χ2n) is 7.55. The Balaban J connectivity index is 1.54. The number of carbonyl (C=O) groups is 1. The van der Waals surface area contributed by atoms with Crippen LogP contribution in [0.2, 0.25) is 10.0 Å². The van der Waals surface area contributed by atoms with Gasteiger partial charge in [0.15, 0.2) is 4.32 Å². The molecule has 1 aliphatic heterocycles. The minimum atomic E-state index is -0.360. The van der Waals surface area contributed by atoms with E-state index in [2.05, 4.69) is 15.9 Å². The first-order valence-corrected chi connectivity index (χ1v) is 12.8. The van der Waals surface area contributed by atoms with Crippen LogP contribution in [0.3, 0.4) is 0 Å². The largest absolute Gasteiger partial charge is 0.342 e. The van der Waals surface area contributed by atoms with E-state index in [1.165, 1.54) is 22.7 Å². The molecule has 2 heterocycles. The van der Waals surface area contributed by atoms with Crippen molar-refractivity contribution in [2.75, 3.05) is 4.90 Å². The number of thiocarbonyl (C=S) groups is 1. The van der Waals surface area contributed by atoms with E-state index in [1.54, 1.807) is 30.3 Å². The molecule has 5 rings (SSSR count). The maximum atomic E-state index is 14.4. The summed E-state index contributed by atoms with van der Waals surface area (Å²) >= 11 is 22.6. The van der Waals surface area contributed by atoms with Crippen molar-refractivity contribution in [2.24, 2.45) is 0 Å². The van der Waals surface area contributed by atoms with Crippen LogP contribution in [0.15, 0.2) is 76.2 Å². The SMILES string of the molecule is O=C1/C(=C\c2cn(Cc3c(F)cccc3Cl)c3ccccc23)SC(=S)N1c1ccc(Br)c(Cl)c1. The molecule has 0 aliphatic carbocycles. The van der Waals surface area contributed by atoms with E-state index in [0.717, 1.165) is 20.9 Å². The first kappa shape index (κ1) is 23.6. The Morgan fingerprint density at radius 3 is 2.62 bits per heavy atom.